The molecule has 0 fully saturated rings. The zero-order chi connectivity index (χ0) is 24.0. The SMILES string of the molecule is Cc1cc(Oc2ccnc(Nc3ccc(CCc4nn[nH]n4)cc3)c2)c(-c2ccccn2)nc1C. The van der Waals surface area contributed by atoms with E-state index in [-0.39, 0.29) is 0 Å². The van der Waals surface area contributed by atoms with Crippen LogP contribution in [0.3, 0.4) is 0 Å². The second-order valence-electron chi connectivity index (χ2n) is 8.08. The largest absolute Gasteiger partial charge is 0.455 e. The lowest BCUT2D eigenvalue weighted by Crippen LogP contribution is -1.99. The number of ether oxygens (including phenoxy) is 1. The van der Waals surface area contributed by atoms with Gasteiger partial charge in [-0.3, -0.25) is 4.98 Å². The Hall–Kier alpha value is -4.66. The van der Waals surface area contributed by atoms with Gasteiger partial charge in [-0.2, -0.15) is 5.21 Å². The Balaban J connectivity index is 1.31. The first-order chi connectivity index (χ1) is 17.1. The Morgan fingerprint density at radius 1 is 0.914 bits per heavy atom. The van der Waals surface area contributed by atoms with Crippen molar-refractivity contribution in [3.8, 4) is 22.9 Å². The van der Waals surface area contributed by atoms with E-state index in [4.69, 9.17) is 9.72 Å². The highest BCUT2D eigenvalue weighted by molar-refractivity contribution is 5.65. The maximum atomic E-state index is 6.26. The molecule has 9 nitrogen and oxygen atoms in total. The third kappa shape index (κ3) is 5.47. The molecule has 0 spiro atoms. The molecule has 1 aromatic carbocycles. The number of benzene rings is 1. The molecule has 0 saturated carbocycles. The molecule has 0 radical (unpaired) electrons. The molecule has 5 rings (SSSR count). The van der Waals surface area contributed by atoms with Crippen molar-refractivity contribution < 1.29 is 4.74 Å². The number of nitrogens with zero attached hydrogens (tertiary/aromatic N) is 6. The normalized spacial score (nSPS) is 10.8. The number of hydrogen-bond acceptors (Lipinski definition) is 8. The summed E-state index contributed by atoms with van der Waals surface area (Å²) in [5, 5.41) is 17.4. The van der Waals surface area contributed by atoms with Crippen molar-refractivity contribution in [1.29, 1.82) is 0 Å². The number of aryl methyl sites for hydroxylation is 4. The minimum atomic E-state index is 0.648. The van der Waals surface area contributed by atoms with Crippen molar-refractivity contribution >= 4 is 11.5 Å². The zero-order valence-electron chi connectivity index (χ0n) is 19.4. The van der Waals surface area contributed by atoms with Gasteiger partial charge in [0.05, 0.1) is 5.69 Å². The fourth-order valence-corrected chi connectivity index (χ4v) is 3.56. The third-order valence-corrected chi connectivity index (χ3v) is 5.55. The van der Waals surface area contributed by atoms with Crippen molar-refractivity contribution in [2.24, 2.45) is 0 Å². The van der Waals surface area contributed by atoms with E-state index in [9.17, 15) is 0 Å². The number of aromatic amines is 1. The van der Waals surface area contributed by atoms with Gasteiger partial charge in [-0.05, 0) is 67.8 Å². The van der Waals surface area contributed by atoms with E-state index in [1.165, 1.54) is 5.56 Å². The molecule has 0 aliphatic rings. The van der Waals surface area contributed by atoms with Gasteiger partial charge in [0.15, 0.2) is 11.6 Å². The average molecular weight is 465 g/mol. The van der Waals surface area contributed by atoms with E-state index in [0.29, 0.717) is 28.8 Å². The standard InChI is InChI=1S/C26H24N8O/c1-17-15-23(26(29-18(17)2)22-5-3-4-13-27-22)35-21-12-14-28-25(16-21)30-20-9-6-19(7-10-20)8-11-24-31-33-34-32-24/h3-7,9-10,12-16H,8,11H2,1-2H3,(H,28,30)(H,31,32,33,34). The number of pyridine rings is 3. The Bertz CT molecular complexity index is 1400. The molecule has 0 unspecified atom stereocenters. The monoisotopic (exact) mass is 464 g/mol. The molecule has 0 atom stereocenters. The number of H-pyrrole nitrogens is 1. The van der Waals surface area contributed by atoms with Gasteiger partial charge in [0.25, 0.3) is 0 Å². The summed E-state index contributed by atoms with van der Waals surface area (Å²) in [7, 11) is 0. The van der Waals surface area contributed by atoms with E-state index >= 15 is 0 Å². The quantitative estimate of drug-likeness (QED) is 0.330. The van der Waals surface area contributed by atoms with E-state index in [2.05, 4.69) is 48.0 Å². The molecular weight excluding hydrogens is 440 g/mol. The third-order valence-electron chi connectivity index (χ3n) is 5.55. The lowest BCUT2D eigenvalue weighted by Gasteiger charge is -2.14. The first-order valence-corrected chi connectivity index (χ1v) is 11.3. The summed E-state index contributed by atoms with van der Waals surface area (Å²) in [6.45, 7) is 4.00. The predicted molar refractivity (Wildman–Crippen MR) is 133 cm³/mol. The van der Waals surface area contributed by atoms with Crippen molar-refractivity contribution in [3.63, 3.8) is 0 Å². The Morgan fingerprint density at radius 3 is 2.57 bits per heavy atom. The van der Waals surface area contributed by atoms with Crippen LogP contribution in [0, 0.1) is 13.8 Å². The number of aromatic nitrogens is 7. The molecule has 0 bridgehead atoms. The van der Waals surface area contributed by atoms with Crippen LogP contribution in [-0.4, -0.2) is 35.6 Å². The number of tetrazole rings is 1. The first kappa shape index (κ1) is 22.1. The minimum Gasteiger partial charge on any atom is -0.455 e. The van der Waals surface area contributed by atoms with Crippen molar-refractivity contribution in [3.05, 3.63) is 95.7 Å². The van der Waals surface area contributed by atoms with Crippen LogP contribution >= 0.6 is 0 Å². The van der Waals surface area contributed by atoms with Crippen LogP contribution in [0.2, 0.25) is 0 Å². The van der Waals surface area contributed by atoms with Gasteiger partial charge in [-0.15, -0.1) is 10.2 Å². The van der Waals surface area contributed by atoms with Crippen LogP contribution in [0.4, 0.5) is 11.5 Å². The van der Waals surface area contributed by atoms with Gasteiger partial charge in [0, 0.05) is 36.3 Å². The molecule has 9 heteroatoms. The second-order valence-corrected chi connectivity index (χ2v) is 8.08. The molecule has 0 amide bonds. The van der Waals surface area contributed by atoms with Gasteiger partial charge in [0.1, 0.15) is 17.3 Å². The molecule has 174 valence electrons. The van der Waals surface area contributed by atoms with E-state index in [1.807, 2.05) is 62.4 Å². The molecule has 5 aromatic rings. The Morgan fingerprint density at radius 2 is 1.80 bits per heavy atom. The van der Waals surface area contributed by atoms with Gasteiger partial charge in [0.2, 0.25) is 0 Å². The summed E-state index contributed by atoms with van der Waals surface area (Å²) >= 11 is 0. The van der Waals surface area contributed by atoms with E-state index in [0.717, 1.165) is 35.5 Å². The molecule has 4 aromatic heterocycles. The van der Waals surface area contributed by atoms with Crippen molar-refractivity contribution in [2.75, 3.05) is 5.32 Å². The fraction of sp³-hybridized carbons (Fsp3) is 0.154. The lowest BCUT2D eigenvalue weighted by atomic mass is 10.1. The molecule has 4 heterocycles. The molecule has 0 aliphatic heterocycles. The molecule has 35 heavy (non-hydrogen) atoms. The molecule has 0 saturated heterocycles. The summed E-state index contributed by atoms with van der Waals surface area (Å²) in [5.41, 5.74) is 5.57. The van der Waals surface area contributed by atoms with Crippen LogP contribution in [0.1, 0.15) is 22.6 Å². The second kappa shape index (κ2) is 10.1. The number of hydrogen-bond donors (Lipinski definition) is 2. The fourth-order valence-electron chi connectivity index (χ4n) is 3.56. The molecular formula is C26H24N8O. The van der Waals surface area contributed by atoms with Crippen LogP contribution < -0.4 is 10.1 Å². The van der Waals surface area contributed by atoms with Crippen LogP contribution in [-0.2, 0) is 12.8 Å². The highest BCUT2D eigenvalue weighted by Crippen LogP contribution is 2.33. The van der Waals surface area contributed by atoms with Crippen molar-refractivity contribution in [2.45, 2.75) is 26.7 Å². The summed E-state index contributed by atoms with van der Waals surface area (Å²) in [5.74, 6) is 2.69. The maximum Gasteiger partial charge on any atom is 0.174 e. The van der Waals surface area contributed by atoms with Gasteiger partial charge in [-0.25, -0.2) is 9.97 Å². The zero-order valence-corrected chi connectivity index (χ0v) is 19.4. The number of rotatable bonds is 8. The number of nitrogens with one attached hydrogen (secondary N) is 2. The van der Waals surface area contributed by atoms with Crippen LogP contribution in [0.25, 0.3) is 11.4 Å². The van der Waals surface area contributed by atoms with Crippen LogP contribution in [0.15, 0.2) is 73.1 Å². The summed E-state index contributed by atoms with van der Waals surface area (Å²) < 4.78 is 6.26. The van der Waals surface area contributed by atoms with Crippen LogP contribution in [0.5, 0.6) is 11.5 Å². The Labute approximate surface area is 202 Å². The highest BCUT2D eigenvalue weighted by Gasteiger charge is 2.13. The van der Waals surface area contributed by atoms with E-state index < -0.39 is 0 Å². The number of anilines is 2. The maximum absolute atomic E-state index is 6.26. The molecule has 2 N–H and O–H groups in total. The Kier molecular flexibility index (Phi) is 6.38. The van der Waals surface area contributed by atoms with Crippen molar-refractivity contribution in [1.82, 2.24) is 35.6 Å². The predicted octanol–water partition coefficient (Wildman–Crippen LogP) is 4.99. The lowest BCUT2D eigenvalue weighted by molar-refractivity contribution is 0.481. The summed E-state index contributed by atoms with van der Waals surface area (Å²) in [6.07, 6.45) is 5.04. The summed E-state index contributed by atoms with van der Waals surface area (Å²) in [4.78, 5) is 13.6. The van der Waals surface area contributed by atoms with Gasteiger partial charge in [-0.1, -0.05) is 23.4 Å². The smallest absolute Gasteiger partial charge is 0.174 e. The van der Waals surface area contributed by atoms with Gasteiger partial charge >= 0.3 is 0 Å². The molecule has 0 aliphatic carbocycles. The summed E-state index contributed by atoms with van der Waals surface area (Å²) in [6, 6.07) is 19.6. The minimum absolute atomic E-state index is 0.648. The topological polar surface area (TPSA) is 114 Å². The van der Waals surface area contributed by atoms with Gasteiger partial charge < -0.3 is 10.1 Å². The first-order valence-electron chi connectivity index (χ1n) is 11.3. The average Bonchev–Trinajstić information content (AvgIpc) is 3.40. The highest BCUT2D eigenvalue weighted by atomic mass is 16.5. The van der Waals surface area contributed by atoms with E-state index in [1.54, 1.807) is 12.4 Å².